The fourth-order valence-electron chi connectivity index (χ4n) is 3.40. The van der Waals surface area contributed by atoms with Crippen molar-refractivity contribution in [3.05, 3.63) is 0 Å². The molecule has 0 bridgehead atoms. The molecular formula is C16H31ClN2O3. The van der Waals surface area contributed by atoms with Crippen molar-refractivity contribution in [2.75, 3.05) is 33.4 Å². The maximum atomic E-state index is 12.0. The fraction of sp³-hybridized carbons (Fsp3) is 0.938. The van der Waals surface area contributed by atoms with E-state index in [0.29, 0.717) is 12.5 Å². The molecule has 0 aromatic rings. The summed E-state index contributed by atoms with van der Waals surface area (Å²) < 4.78 is 11.1. The molecule has 130 valence electrons. The van der Waals surface area contributed by atoms with Crippen LogP contribution in [0.3, 0.4) is 0 Å². The average molecular weight is 335 g/mol. The zero-order valence-corrected chi connectivity index (χ0v) is 14.7. The summed E-state index contributed by atoms with van der Waals surface area (Å²) in [5, 5.41) is 6.48. The van der Waals surface area contributed by atoms with E-state index in [4.69, 9.17) is 9.47 Å². The highest BCUT2D eigenvalue weighted by molar-refractivity contribution is 5.85. The summed E-state index contributed by atoms with van der Waals surface area (Å²) in [6, 6.07) is 0. The fourth-order valence-corrected chi connectivity index (χ4v) is 3.40. The maximum Gasteiger partial charge on any atom is 0.220 e. The summed E-state index contributed by atoms with van der Waals surface area (Å²) in [5.74, 6) is 0.146. The van der Waals surface area contributed by atoms with E-state index >= 15 is 0 Å². The van der Waals surface area contributed by atoms with E-state index in [9.17, 15) is 4.79 Å². The molecule has 2 heterocycles. The summed E-state index contributed by atoms with van der Waals surface area (Å²) in [7, 11) is 1.74. The Morgan fingerprint density at radius 1 is 1.36 bits per heavy atom. The van der Waals surface area contributed by atoms with E-state index in [1.165, 1.54) is 0 Å². The van der Waals surface area contributed by atoms with Gasteiger partial charge in [-0.1, -0.05) is 0 Å². The first-order valence-electron chi connectivity index (χ1n) is 8.25. The molecule has 2 aliphatic heterocycles. The lowest BCUT2D eigenvalue weighted by molar-refractivity contribution is -0.122. The Labute approximate surface area is 140 Å². The number of rotatable bonds is 7. The number of halogens is 1. The second-order valence-electron chi connectivity index (χ2n) is 6.64. The smallest absolute Gasteiger partial charge is 0.220 e. The van der Waals surface area contributed by atoms with Crippen LogP contribution in [0, 0.1) is 5.41 Å². The molecule has 2 aliphatic rings. The van der Waals surface area contributed by atoms with Gasteiger partial charge in [-0.15, -0.1) is 12.4 Å². The number of amides is 1. The Kier molecular flexibility index (Phi) is 8.69. The van der Waals surface area contributed by atoms with Crippen molar-refractivity contribution in [2.45, 2.75) is 57.7 Å². The van der Waals surface area contributed by atoms with Gasteiger partial charge in [0.1, 0.15) is 0 Å². The quantitative estimate of drug-likeness (QED) is 0.746. The molecule has 2 saturated heterocycles. The maximum absolute atomic E-state index is 12.0. The van der Waals surface area contributed by atoms with E-state index in [2.05, 4.69) is 17.6 Å². The average Bonchev–Trinajstić information content (AvgIpc) is 2.90. The molecule has 2 atom stereocenters. The minimum Gasteiger partial charge on any atom is -0.384 e. The zero-order valence-electron chi connectivity index (χ0n) is 13.9. The molecule has 0 aromatic heterocycles. The van der Waals surface area contributed by atoms with Crippen molar-refractivity contribution in [1.82, 2.24) is 10.6 Å². The van der Waals surface area contributed by atoms with Crippen LogP contribution in [0.2, 0.25) is 0 Å². The van der Waals surface area contributed by atoms with Crippen LogP contribution in [-0.2, 0) is 14.3 Å². The molecular weight excluding hydrogens is 304 g/mol. The predicted molar refractivity (Wildman–Crippen MR) is 89.5 cm³/mol. The molecule has 2 unspecified atom stereocenters. The second kappa shape index (κ2) is 9.71. The SMILES string of the molecule is COCC1(CNC(=O)CCC2CCC(C)O2)CCNCC1.Cl. The highest BCUT2D eigenvalue weighted by atomic mass is 35.5. The Morgan fingerprint density at radius 2 is 2.09 bits per heavy atom. The van der Waals surface area contributed by atoms with Crippen LogP contribution in [0.5, 0.6) is 0 Å². The van der Waals surface area contributed by atoms with Gasteiger partial charge in [0.25, 0.3) is 0 Å². The van der Waals surface area contributed by atoms with Gasteiger partial charge in [-0.2, -0.15) is 0 Å². The lowest BCUT2D eigenvalue weighted by Crippen LogP contribution is -2.47. The second-order valence-corrected chi connectivity index (χ2v) is 6.64. The number of nitrogens with one attached hydrogen (secondary N) is 2. The minimum absolute atomic E-state index is 0. The summed E-state index contributed by atoms with van der Waals surface area (Å²) in [6.45, 7) is 5.56. The lowest BCUT2D eigenvalue weighted by atomic mass is 9.79. The van der Waals surface area contributed by atoms with Crippen LogP contribution in [0.1, 0.15) is 45.4 Å². The third kappa shape index (κ3) is 6.03. The molecule has 0 aliphatic carbocycles. The van der Waals surface area contributed by atoms with E-state index in [1.807, 2.05) is 0 Å². The van der Waals surface area contributed by atoms with Crippen LogP contribution in [0.15, 0.2) is 0 Å². The third-order valence-corrected chi connectivity index (χ3v) is 4.79. The monoisotopic (exact) mass is 334 g/mol. The van der Waals surface area contributed by atoms with E-state index in [-0.39, 0.29) is 29.8 Å². The zero-order chi connectivity index (χ0) is 15.1. The van der Waals surface area contributed by atoms with Gasteiger partial charge in [0.05, 0.1) is 18.8 Å². The van der Waals surface area contributed by atoms with Crippen molar-refractivity contribution in [3.63, 3.8) is 0 Å². The van der Waals surface area contributed by atoms with Crippen LogP contribution in [-0.4, -0.2) is 51.5 Å². The van der Waals surface area contributed by atoms with Crippen molar-refractivity contribution in [2.24, 2.45) is 5.41 Å². The first-order valence-corrected chi connectivity index (χ1v) is 8.25. The van der Waals surface area contributed by atoms with Gasteiger partial charge in [0.15, 0.2) is 0 Å². The predicted octanol–water partition coefficient (Wildman–Crippen LogP) is 1.89. The Morgan fingerprint density at radius 3 is 2.68 bits per heavy atom. The highest BCUT2D eigenvalue weighted by Crippen LogP contribution is 2.28. The first kappa shape index (κ1) is 19.7. The molecule has 1 amide bonds. The number of carbonyl (C=O) groups is 1. The van der Waals surface area contributed by atoms with Gasteiger partial charge in [-0.05, 0) is 52.1 Å². The Balaban J connectivity index is 0.00000242. The molecule has 0 radical (unpaired) electrons. The molecule has 0 spiro atoms. The molecule has 22 heavy (non-hydrogen) atoms. The summed E-state index contributed by atoms with van der Waals surface area (Å²) >= 11 is 0. The van der Waals surface area contributed by atoms with Gasteiger partial charge in [0.2, 0.25) is 5.91 Å². The summed E-state index contributed by atoms with van der Waals surface area (Å²) in [4.78, 5) is 12.0. The molecule has 5 nitrogen and oxygen atoms in total. The van der Waals surface area contributed by atoms with E-state index < -0.39 is 0 Å². The van der Waals surface area contributed by atoms with Crippen LogP contribution in [0.4, 0.5) is 0 Å². The largest absolute Gasteiger partial charge is 0.384 e. The number of hydrogen-bond donors (Lipinski definition) is 2. The van der Waals surface area contributed by atoms with Crippen molar-refractivity contribution >= 4 is 18.3 Å². The van der Waals surface area contributed by atoms with Crippen LogP contribution < -0.4 is 10.6 Å². The molecule has 6 heteroatoms. The van der Waals surface area contributed by atoms with Crippen molar-refractivity contribution < 1.29 is 14.3 Å². The lowest BCUT2D eigenvalue weighted by Gasteiger charge is -2.37. The van der Waals surface area contributed by atoms with E-state index in [0.717, 1.165) is 58.3 Å². The van der Waals surface area contributed by atoms with Crippen molar-refractivity contribution in [3.8, 4) is 0 Å². The van der Waals surface area contributed by atoms with Crippen LogP contribution in [0.25, 0.3) is 0 Å². The Bertz CT molecular complexity index is 330. The molecule has 0 saturated carbocycles. The molecule has 0 aromatic carbocycles. The normalized spacial score (nSPS) is 27.2. The number of methoxy groups -OCH3 is 1. The third-order valence-electron chi connectivity index (χ3n) is 4.79. The van der Waals surface area contributed by atoms with Gasteiger partial charge >= 0.3 is 0 Å². The standard InChI is InChI=1S/C16H30N2O3.ClH/c1-13-3-4-14(21-13)5-6-15(19)18-11-16(12-20-2)7-9-17-10-8-16;/h13-14,17H,3-12H2,1-2H3,(H,18,19);1H. The van der Waals surface area contributed by atoms with Gasteiger partial charge in [-0.3, -0.25) is 4.79 Å². The minimum atomic E-state index is 0. The number of carbonyl (C=O) groups excluding carboxylic acids is 1. The van der Waals surface area contributed by atoms with Gasteiger partial charge < -0.3 is 20.1 Å². The van der Waals surface area contributed by atoms with Crippen molar-refractivity contribution in [1.29, 1.82) is 0 Å². The summed E-state index contributed by atoms with van der Waals surface area (Å²) in [5.41, 5.74) is 0.105. The molecule has 2 rings (SSSR count). The number of piperidine rings is 1. The van der Waals surface area contributed by atoms with Gasteiger partial charge in [0, 0.05) is 25.5 Å². The highest BCUT2D eigenvalue weighted by Gasteiger charge is 2.32. The van der Waals surface area contributed by atoms with Crippen LogP contribution >= 0.6 is 12.4 Å². The number of ether oxygens (including phenoxy) is 2. The van der Waals surface area contributed by atoms with E-state index in [1.54, 1.807) is 7.11 Å². The Hall–Kier alpha value is -0.360. The topological polar surface area (TPSA) is 59.6 Å². The molecule has 2 fully saturated rings. The first-order chi connectivity index (χ1) is 10.1. The summed E-state index contributed by atoms with van der Waals surface area (Å²) in [6.07, 6.45) is 6.38. The molecule has 2 N–H and O–H groups in total. The number of hydrogen-bond acceptors (Lipinski definition) is 4. The van der Waals surface area contributed by atoms with Gasteiger partial charge in [-0.25, -0.2) is 0 Å².